The Hall–Kier alpha value is -5.58. The second kappa shape index (κ2) is 16.2. The van der Waals surface area contributed by atoms with Gasteiger partial charge >= 0.3 is 6.03 Å². The lowest BCUT2D eigenvalue weighted by molar-refractivity contribution is -0.135. The lowest BCUT2D eigenvalue weighted by atomic mass is 9.88. The fourth-order valence-electron chi connectivity index (χ4n) is 9.56. The summed E-state index contributed by atoms with van der Waals surface area (Å²) in [6, 6.07) is 15.8. The van der Waals surface area contributed by atoms with Gasteiger partial charge in [-0.3, -0.25) is 19.7 Å². The number of nitrogens with zero attached hydrogens (tertiary/aromatic N) is 8. The van der Waals surface area contributed by atoms with Crippen LogP contribution in [0, 0.1) is 5.92 Å². The van der Waals surface area contributed by atoms with E-state index in [-0.39, 0.29) is 35.7 Å². The number of nitrogens with two attached hydrogens (primary N) is 1. The number of aliphatic hydroxyl groups excluding tert-OH is 1. The van der Waals surface area contributed by atoms with Crippen LogP contribution >= 0.6 is 0 Å². The quantitative estimate of drug-likeness (QED) is 0.136. The van der Waals surface area contributed by atoms with Crippen molar-refractivity contribution >= 4 is 51.6 Å². The maximum Gasteiger partial charge on any atom is 0.320 e. The van der Waals surface area contributed by atoms with E-state index in [2.05, 4.69) is 48.5 Å². The number of pyridine rings is 1. The standard InChI is InChI=1S/C43H53N11O5/c1-49-19-20-53(43(49)59)33-3-2-15-52(26-33)36-22-45-38(39(44)56)40(47-36)46-31-6-4-28(5-7-31)30-24-50(25-30)23-27-12-16-51(17-13-27)32-8-9-34-29(21-32)14-18-54(42(34)58)35-10-11-37(55)48-41(35)57/h4-9,14,18,21-22,27,30,33,35,39,56H,2-3,10-13,15-17,19-20,23-26,44H2,1H3,(H,46,47)(H,48,55,57)/t33-,35?,39?/m1/s1. The smallest absolute Gasteiger partial charge is 0.320 e. The number of rotatable bonds is 10. The number of aliphatic hydroxyl groups is 1. The van der Waals surface area contributed by atoms with Crippen molar-refractivity contribution in [3.63, 3.8) is 0 Å². The van der Waals surface area contributed by atoms with Gasteiger partial charge in [-0.05, 0) is 85.4 Å². The van der Waals surface area contributed by atoms with Crippen LogP contribution in [0.2, 0.25) is 0 Å². The molecule has 0 aliphatic carbocycles. The van der Waals surface area contributed by atoms with Gasteiger partial charge in [0.15, 0.2) is 5.82 Å². The minimum absolute atomic E-state index is 0.0781. The van der Waals surface area contributed by atoms with Crippen LogP contribution in [0.3, 0.4) is 0 Å². The first-order valence-corrected chi connectivity index (χ1v) is 21.0. The summed E-state index contributed by atoms with van der Waals surface area (Å²) < 4.78 is 1.45. The summed E-state index contributed by atoms with van der Waals surface area (Å²) in [7, 11) is 1.84. The van der Waals surface area contributed by atoms with Crippen LogP contribution in [0.15, 0.2) is 65.7 Å². The fraction of sp³-hybridized carbons (Fsp3) is 0.488. The summed E-state index contributed by atoms with van der Waals surface area (Å²) >= 11 is 0. The Kier molecular flexibility index (Phi) is 10.7. The molecule has 0 saturated carbocycles. The number of amides is 4. The highest BCUT2D eigenvalue weighted by Crippen LogP contribution is 2.33. The molecule has 0 radical (unpaired) electrons. The number of likely N-dealkylation sites (N-methyl/N-ethyl adjacent to an activating group) is 1. The Balaban J connectivity index is 0.761. The highest BCUT2D eigenvalue weighted by Gasteiger charge is 2.35. The summed E-state index contributed by atoms with van der Waals surface area (Å²) in [5, 5.41) is 17.5. The molecule has 3 atom stereocenters. The Bertz CT molecular complexity index is 2290. The zero-order chi connectivity index (χ0) is 40.8. The molecule has 9 rings (SSSR count). The van der Waals surface area contributed by atoms with Crippen molar-refractivity contribution in [3.05, 3.63) is 82.5 Å². The molecule has 2 aromatic carbocycles. The molecule has 5 saturated heterocycles. The number of nitrogens with one attached hydrogen (secondary N) is 2. The lowest BCUT2D eigenvalue weighted by Gasteiger charge is -2.43. The molecule has 7 heterocycles. The molecule has 4 amide bonds. The molecule has 5 aliphatic rings. The van der Waals surface area contributed by atoms with E-state index >= 15 is 0 Å². The van der Waals surface area contributed by atoms with Crippen LogP contribution in [0.5, 0.6) is 0 Å². The first kappa shape index (κ1) is 38.9. The first-order chi connectivity index (χ1) is 28.6. The Labute approximate surface area is 343 Å². The summed E-state index contributed by atoms with van der Waals surface area (Å²) in [6.07, 6.45) is 6.71. The van der Waals surface area contributed by atoms with Gasteiger partial charge in [0.25, 0.3) is 5.56 Å². The molecule has 59 heavy (non-hydrogen) atoms. The number of anilines is 4. The van der Waals surface area contributed by atoms with E-state index in [1.54, 1.807) is 17.3 Å². The molecule has 4 aromatic rings. The average Bonchev–Trinajstić information content (AvgIpc) is 3.57. The molecule has 16 heteroatoms. The molecule has 0 spiro atoms. The van der Waals surface area contributed by atoms with Gasteiger partial charge < -0.3 is 45.2 Å². The van der Waals surface area contributed by atoms with Crippen LogP contribution in [0.25, 0.3) is 10.8 Å². The molecular weight excluding hydrogens is 751 g/mol. The summed E-state index contributed by atoms with van der Waals surface area (Å²) in [4.78, 5) is 70.2. The fourth-order valence-corrected chi connectivity index (χ4v) is 9.56. The largest absolute Gasteiger partial charge is 0.373 e. The van der Waals surface area contributed by atoms with Gasteiger partial charge in [-0.2, -0.15) is 0 Å². The van der Waals surface area contributed by atoms with Gasteiger partial charge in [0.1, 0.15) is 23.8 Å². The van der Waals surface area contributed by atoms with Gasteiger partial charge in [0.2, 0.25) is 11.8 Å². The normalized spacial score (nSPS) is 22.9. The molecule has 0 bridgehead atoms. The summed E-state index contributed by atoms with van der Waals surface area (Å²) in [5.74, 6) is 1.49. The third-order valence-corrected chi connectivity index (χ3v) is 13.0. The number of hydrogen-bond acceptors (Lipinski definition) is 12. The second-order valence-corrected chi connectivity index (χ2v) is 16.9. The molecular formula is C43H53N11O5. The van der Waals surface area contributed by atoms with Crippen molar-refractivity contribution < 1.29 is 19.5 Å². The zero-order valence-electron chi connectivity index (χ0n) is 33.5. The Morgan fingerprint density at radius 3 is 2.44 bits per heavy atom. The van der Waals surface area contributed by atoms with Crippen molar-refractivity contribution in [2.75, 3.05) is 81.1 Å². The predicted octanol–water partition coefficient (Wildman–Crippen LogP) is 3.11. The lowest BCUT2D eigenvalue weighted by Crippen LogP contribution is -2.49. The van der Waals surface area contributed by atoms with E-state index in [9.17, 15) is 24.3 Å². The van der Waals surface area contributed by atoms with Gasteiger partial charge in [-0.25, -0.2) is 14.8 Å². The topological polar surface area (TPSA) is 186 Å². The maximum atomic E-state index is 13.3. The van der Waals surface area contributed by atoms with Crippen molar-refractivity contribution in [1.29, 1.82) is 0 Å². The third kappa shape index (κ3) is 7.96. The van der Waals surface area contributed by atoms with Crippen molar-refractivity contribution in [2.24, 2.45) is 11.7 Å². The van der Waals surface area contributed by atoms with E-state index in [0.29, 0.717) is 41.8 Å². The molecule has 5 fully saturated rings. The highest BCUT2D eigenvalue weighted by atomic mass is 16.3. The van der Waals surface area contributed by atoms with E-state index in [0.717, 1.165) is 94.8 Å². The van der Waals surface area contributed by atoms with E-state index < -0.39 is 18.2 Å². The predicted molar refractivity (Wildman–Crippen MR) is 225 cm³/mol. The second-order valence-electron chi connectivity index (χ2n) is 16.9. The average molecular weight is 804 g/mol. The van der Waals surface area contributed by atoms with Gasteiger partial charge in [0.05, 0.1) is 12.2 Å². The van der Waals surface area contributed by atoms with Gasteiger partial charge in [-0.15, -0.1) is 0 Å². The molecule has 16 nitrogen and oxygen atoms in total. The molecule has 310 valence electrons. The number of carbonyl (C=O) groups is 3. The van der Waals surface area contributed by atoms with Crippen molar-refractivity contribution in [2.45, 2.75) is 62.8 Å². The minimum atomic E-state index is -1.28. The Morgan fingerprint density at radius 2 is 1.71 bits per heavy atom. The number of imide groups is 1. The molecule has 2 unspecified atom stereocenters. The number of urea groups is 1. The number of piperidine rings is 3. The number of hydrogen-bond donors (Lipinski definition) is 4. The SMILES string of the molecule is CN1CCN([C@@H]2CCCN(c3cnc(C(N)O)c(Nc4ccc(C5CN(CC6CCN(c7ccc8c(=O)n(C9CCC(=O)NC9=O)ccc8c7)CC6)C5)cc4)n3)C2)C1=O. The van der Waals surface area contributed by atoms with Gasteiger partial charge in [0, 0.05) is 101 Å². The maximum absolute atomic E-state index is 13.3. The van der Waals surface area contributed by atoms with Gasteiger partial charge in [-0.1, -0.05) is 12.1 Å². The first-order valence-electron chi connectivity index (χ1n) is 21.0. The number of benzene rings is 2. The van der Waals surface area contributed by atoms with Crippen molar-refractivity contribution in [1.82, 2.24) is 34.6 Å². The van der Waals surface area contributed by atoms with E-state index in [1.807, 2.05) is 42.3 Å². The summed E-state index contributed by atoms with van der Waals surface area (Å²) in [5.41, 5.74) is 9.20. The molecule has 5 aliphatic heterocycles. The monoisotopic (exact) mass is 803 g/mol. The number of aromatic nitrogens is 3. The van der Waals surface area contributed by atoms with Crippen LogP contribution in [-0.4, -0.2) is 124 Å². The van der Waals surface area contributed by atoms with Crippen molar-refractivity contribution in [3.8, 4) is 0 Å². The molecule has 2 aromatic heterocycles. The van der Waals surface area contributed by atoms with Crippen LogP contribution in [0.4, 0.5) is 27.8 Å². The van der Waals surface area contributed by atoms with Crippen LogP contribution < -0.4 is 31.7 Å². The van der Waals surface area contributed by atoms with Crippen LogP contribution in [0.1, 0.15) is 68.0 Å². The van der Waals surface area contributed by atoms with E-state index in [1.165, 1.54) is 10.1 Å². The number of likely N-dealkylation sites (tertiary alicyclic amines) is 1. The molecule has 5 N–H and O–H groups in total. The Morgan fingerprint density at radius 1 is 0.915 bits per heavy atom. The third-order valence-electron chi connectivity index (χ3n) is 13.0. The van der Waals surface area contributed by atoms with Crippen LogP contribution in [-0.2, 0) is 9.59 Å². The summed E-state index contributed by atoms with van der Waals surface area (Å²) in [6.45, 7) is 8.04. The number of carbonyl (C=O) groups excluding carboxylic acids is 3. The van der Waals surface area contributed by atoms with E-state index in [4.69, 9.17) is 10.7 Å². The highest BCUT2D eigenvalue weighted by molar-refractivity contribution is 5.99. The zero-order valence-corrected chi connectivity index (χ0v) is 33.5. The minimum Gasteiger partial charge on any atom is -0.373 e. The number of fused-ring (bicyclic) bond motifs is 1.